The molecular weight excluding hydrogens is 226 g/mol. The summed E-state index contributed by atoms with van der Waals surface area (Å²) in [4.78, 5) is 13.1. The van der Waals surface area contributed by atoms with Crippen molar-refractivity contribution in [2.45, 2.75) is 45.1 Å². The van der Waals surface area contributed by atoms with Gasteiger partial charge < -0.3 is 5.11 Å². The van der Waals surface area contributed by atoms with E-state index in [0.717, 1.165) is 36.1 Å². The standard InChI is InChI=1S/C15H25NO2/c1-9(15(17)18)16(2)8-14-12-4-10-3-11(6-12)7-13(14)5-10/h9-14H,3-8H2,1-2H3,(H,17,18). The van der Waals surface area contributed by atoms with Crippen LogP contribution in [0.1, 0.15) is 39.0 Å². The molecule has 0 aromatic carbocycles. The molecule has 1 atom stereocenters. The Labute approximate surface area is 110 Å². The third-order valence-electron chi connectivity index (χ3n) is 5.94. The number of likely N-dealkylation sites (N-methyl/N-ethyl adjacent to an activating group) is 1. The summed E-state index contributed by atoms with van der Waals surface area (Å²) >= 11 is 0. The van der Waals surface area contributed by atoms with Crippen molar-refractivity contribution in [3.05, 3.63) is 0 Å². The Bertz CT molecular complexity index is 313. The lowest BCUT2D eigenvalue weighted by Gasteiger charge is -2.55. The van der Waals surface area contributed by atoms with Crippen LogP contribution >= 0.6 is 0 Å². The van der Waals surface area contributed by atoms with Gasteiger partial charge in [0.05, 0.1) is 0 Å². The minimum Gasteiger partial charge on any atom is -0.480 e. The highest BCUT2D eigenvalue weighted by Crippen LogP contribution is 2.56. The molecule has 102 valence electrons. The largest absolute Gasteiger partial charge is 0.480 e. The van der Waals surface area contributed by atoms with Crippen molar-refractivity contribution in [1.29, 1.82) is 0 Å². The molecule has 0 aromatic heterocycles. The summed E-state index contributed by atoms with van der Waals surface area (Å²) in [6, 6.07) is -0.345. The predicted molar refractivity (Wildman–Crippen MR) is 70.3 cm³/mol. The molecule has 3 heteroatoms. The van der Waals surface area contributed by atoms with E-state index in [-0.39, 0.29) is 6.04 Å². The summed E-state index contributed by atoms with van der Waals surface area (Å²) in [5.41, 5.74) is 0. The molecule has 4 bridgehead atoms. The molecule has 0 aromatic rings. The molecule has 4 saturated carbocycles. The lowest BCUT2D eigenvalue weighted by molar-refractivity contribution is -0.143. The zero-order chi connectivity index (χ0) is 12.9. The normalized spacial score (nSPS) is 43.4. The number of hydrogen-bond acceptors (Lipinski definition) is 2. The van der Waals surface area contributed by atoms with E-state index in [9.17, 15) is 4.79 Å². The molecule has 3 nitrogen and oxygen atoms in total. The van der Waals surface area contributed by atoms with Crippen molar-refractivity contribution in [2.75, 3.05) is 13.6 Å². The third kappa shape index (κ3) is 2.07. The van der Waals surface area contributed by atoms with Gasteiger partial charge in [-0.15, -0.1) is 0 Å². The van der Waals surface area contributed by atoms with Gasteiger partial charge in [-0.25, -0.2) is 0 Å². The SMILES string of the molecule is CC(C(=O)O)N(C)CC1C2CC3CC(C2)CC1C3. The lowest BCUT2D eigenvalue weighted by atomic mass is 9.52. The minimum atomic E-state index is -0.693. The van der Waals surface area contributed by atoms with Crippen molar-refractivity contribution in [1.82, 2.24) is 4.90 Å². The van der Waals surface area contributed by atoms with Crippen LogP contribution < -0.4 is 0 Å². The first-order valence-electron chi connectivity index (χ1n) is 7.47. The molecule has 4 rings (SSSR count). The predicted octanol–water partition coefficient (Wildman–Crippen LogP) is 2.46. The molecular formula is C15H25NO2. The summed E-state index contributed by atoms with van der Waals surface area (Å²) in [5.74, 6) is 3.87. The first kappa shape index (κ1) is 12.5. The van der Waals surface area contributed by atoms with Gasteiger partial charge in [0.1, 0.15) is 6.04 Å². The molecule has 0 aliphatic heterocycles. The summed E-state index contributed by atoms with van der Waals surface area (Å²) < 4.78 is 0. The van der Waals surface area contributed by atoms with Crippen molar-refractivity contribution in [3.8, 4) is 0 Å². The highest BCUT2D eigenvalue weighted by atomic mass is 16.4. The van der Waals surface area contributed by atoms with Gasteiger partial charge in [-0.1, -0.05) is 0 Å². The molecule has 4 aliphatic rings. The van der Waals surface area contributed by atoms with E-state index >= 15 is 0 Å². The maximum absolute atomic E-state index is 11.0. The molecule has 0 saturated heterocycles. The van der Waals surface area contributed by atoms with Gasteiger partial charge in [-0.05, 0) is 75.7 Å². The number of carboxylic acids is 1. The lowest BCUT2D eigenvalue weighted by Crippen LogP contribution is -2.50. The number of nitrogens with zero attached hydrogens (tertiary/aromatic N) is 1. The fourth-order valence-corrected chi connectivity index (χ4v) is 5.02. The second-order valence-corrected chi connectivity index (χ2v) is 7.05. The van der Waals surface area contributed by atoms with E-state index in [1.807, 2.05) is 7.05 Å². The number of carboxylic acid groups (broad SMARTS) is 1. The van der Waals surface area contributed by atoms with E-state index in [2.05, 4.69) is 4.90 Å². The van der Waals surface area contributed by atoms with Gasteiger partial charge in [-0.3, -0.25) is 9.69 Å². The topological polar surface area (TPSA) is 40.5 Å². The molecule has 1 unspecified atom stereocenters. The minimum absolute atomic E-state index is 0.345. The fourth-order valence-electron chi connectivity index (χ4n) is 5.02. The van der Waals surface area contributed by atoms with Crippen LogP contribution in [0.2, 0.25) is 0 Å². The molecule has 0 amide bonds. The monoisotopic (exact) mass is 251 g/mol. The van der Waals surface area contributed by atoms with E-state index in [0.29, 0.717) is 0 Å². The van der Waals surface area contributed by atoms with E-state index in [1.54, 1.807) is 6.92 Å². The van der Waals surface area contributed by atoms with Gasteiger partial charge in [0, 0.05) is 6.54 Å². The van der Waals surface area contributed by atoms with Crippen molar-refractivity contribution in [3.63, 3.8) is 0 Å². The average Bonchev–Trinajstić information content (AvgIpc) is 2.31. The quantitative estimate of drug-likeness (QED) is 0.834. The Morgan fingerprint density at radius 3 is 2.11 bits per heavy atom. The summed E-state index contributed by atoms with van der Waals surface area (Å²) in [7, 11) is 1.98. The molecule has 18 heavy (non-hydrogen) atoms. The summed E-state index contributed by atoms with van der Waals surface area (Å²) in [6.07, 6.45) is 7.18. The first-order valence-corrected chi connectivity index (χ1v) is 7.47. The number of hydrogen-bond donors (Lipinski definition) is 1. The maximum atomic E-state index is 11.0. The van der Waals surface area contributed by atoms with Crippen LogP contribution in [0.4, 0.5) is 0 Å². The zero-order valence-electron chi connectivity index (χ0n) is 11.5. The van der Waals surface area contributed by atoms with Crippen LogP contribution in [0.3, 0.4) is 0 Å². The third-order valence-corrected chi connectivity index (χ3v) is 5.94. The fraction of sp³-hybridized carbons (Fsp3) is 0.933. The number of carbonyl (C=O) groups is 1. The number of rotatable bonds is 4. The van der Waals surface area contributed by atoms with Gasteiger partial charge in [0.2, 0.25) is 0 Å². The Balaban J connectivity index is 1.65. The van der Waals surface area contributed by atoms with Crippen LogP contribution in [0.5, 0.6) is 0 Å². The van der Waals surface area contributed by atoms with Crippen LogP contribution in [0, 0.1) is 29.6 Å². The molecule has 4 aliphatic carbocycles. The van der Waals surface area contributed by atoms with Crippen LogP contribution in [0.15, 0.2) is 0 Å². The van der Waals surface area contributed by atoms with Gasteiger partial charge >= 0.3 is 5.97 Å². The Morgan fingerprint density at radius 1 is 1.17 bits per heavy atom. The summed E-state index contributed by atoms with van der Waals surface area (Å²) in [6.45, 7) is 2.79. The highest BCUT2D eigenvalue weighted by molar-refractivity contribution is 5.72. The average molecular weight is 251 g/mol. The second-order valence-electron chi connectivity index (χ2n) is 7.05. The van der Waals surface area contributed by atoms with Crippen molar-refractivity contribution < 1.29 is 9.90 Å². The van der Waals surface area contributed by atoms with Crippen LogP contribution in [0.25, 0.3) is 0 Å². The van der Waals surface area contributed by atoms with Gasteiger partial charge in [0.25, 0.3) is 0 Å². The van der Waals surface area contributed by atoms with Crippen LogP contribution in [-0.2, 0) is 4.79 Å². The molecule has 1 N–H and O–H groups in total. The highest BCUT2D eigenvalue weighted by Gasteiger charge is 2.48. The van der Waals surface area contributed by atoms with Gasteiger partial charge in [-0.2, -0.15) is 0 Å². The zero-order valence-corrected chi connectivity index (χ0v) is 11.5. The Hall–Kier alpha value is -0.570. The van der Waals surface area contributed by atoms with E-state index < -0.39 is 5.97 Å². The Kier molecular flexibility index (Phi) is 3.13. The number of aliphatic carboxylic acids is 1. The second kappa shape index (κ2) is 4.52. The van der Waals surface area contributed by atoms with Crippen molar-refractivity contribution in [2.24, 2.45) is 29.6 Å². The van der Waals surface area contributed by atoms with Gasteiger partial charge in [0.15, 0.2) is 0 Å². The molecule has 0 spiro atoms. The van der Waals surface area contributed by atoms with E-state index in [4.69, 9.17) is 5.11 Å². The maximum Gasteiger partial charge on any atom is 0.320 e. The first-order chi connectivity index (χ1) is 8.54. The van der Waals surface area contributed by atoms with Crippen molar-refractivity contribution >= 4 is 5.97 Å². The summed E-state index contributed by atoms with van der Waals surface area (Å²) in [5, 5.41) is 9.09. The Morgan fingerprint density at radius 2 is 1.67 bits per heavy atom. The van der Waals surface area contributed by atoms with E-state index in [1.165, 1.54) is 32.1 Å². The van der Waals surface area contributed by atoms with Crippen LogP contribution in [-0.4, -0.2) is 35.6 Å². The molecule has 4 fully saturated rings. The molecule has 0 radical (unpaired) electrons. The molecule has 0 heterocycles. The smallest absolute Gasteiger partial charge is 0.320 e.